The Morgan fingerprint density at radius 3 is 2.38 bits per heavy atom. The van der Waals surface area contributed by atoms with Crippen molar-refractivity contribution in [1.82, 2.24) is 15.1 Å². The Kier molecular flexibility index (Phi) is 7.59. The molecule has 10 nitrogen and oxygen atoms in total. The summed E-state index contributed by atoms with van der Waals surface area (Å²) in [6.45, 7) is 6.37. The summed E-state index contributed by atoms with van der Waals surface area (Å²) in [7, 11) is -2.89. The summed E-state index contributed by atoms with van der Waals surface area (Å²) in [5.41, 5.74) is -0.0941. The highest BCUT2D eigenvalue weighted by Crippen LogP contribution is 2.41. The van der Waals surface area contributed by atoms with Gasteiger partial charge in [0, 0.05) is 32.6 Å². The fourth-order valence-electron chi connectivity index (χ4n) is 5.04. The van der Waals surface area contributed by atoms with Crippen molar-refractivity contribution >= 4 is 33.5 Å². The van der Waals surface area contributed by atoms with Gasteiger partial charge in [0.2, 0.25) is 11.8 Å². The fraction of sp³-hybridized carbons (Fsp3) is 0.357. The second kappa shape index (κ2) is 10.5. The molecule has 12 heteroatoms. The summed E-state index contributed by atoms with van der Waals surface area (Å²) < 4.78 is 44.1. The number of carbonyl (C=O) groups is 3. The molecule has 0 fully saturated rings. The molecule has 0 unspecified atom stereocenters. The Hall–Kier alpha value is -4.06. The number of rotatable bonds is 7. The van der Waals surface area contributed by atoms with Crippen LogP contribution in [0.1, 0.15) is 44.4 Å². The molecule has 212 valence electrons. The van der Waals surface area contributed by atoms with Crippen LogP contribution in [-0.4, -0.2) is 66.4 Å². The van der Waals surface area contributed by atoms with E-state index in [1.165, 1.54) is 60.2 Å². The number of likely N-dealkylation sites (N-methyl/N-ethyl adjacent to an activating group) is 1. The van der Waals surface area contributed by atoms with E-state index in [0.29, 0.717) is 5.56 Å². The molecule has 40 heavy (non-hydrogen) atoms. The molecule has 0 saturated heterocycles. The average Bonchev–Trinajstić information content (AvgIpc) is 3.28. The summed E-state index contributed by atoms with van der Waals surface area (Å²) >= 11 is 0. The van der Waals surface area contributed by atoms with Crippen LogP contribution in [-0.2, 0) is 37.5 Å². The molecule has 2 aromatic rings. The smallest absolute Gasteiger partial charge is 0.283 e. The summed E-state index contributed by atoms with van der Waals surface area (Å²) in [6, 6.07) is 9.38. The minimum atomic E-state index is -4.32. The highest BCUT2D eigenvalue weighted by molar-refractivity contribution is 7.90. The maximum absolute atomic E-state index is 13.8. The van der Waals surface area contributed by atoms with Gasteiger partial charge >= 0.3 is 0 Å². The van der Waals surface area contributed by atoms with Crippen LogP contribution < -0.4 is 5.32 Å². The first-order chi connectivity index (χ1) is 18.7. The third-order valence-electron chi connectivity index (χ3n) is 6.87. The van der Waals surface area contributed by atoms with Crippen LogP contribution in [0, 0.1) is 11.2 Å². The first-order valence-electron chi connectivity index (χ1n) is 12.6. The van der Waals surface area contributed by atoms with Gasteiger partial charge in [0.05, 0.1) is 12.6 Å². The molecule has 2 aliphatic rings. The van der Waals surface area contributed by atoms with Gasteiger partial charge < -0.3 is 20.2 Å². The van der Waals surface area contributed by atoms with Crippen molar-refractivity contribution < 1.29 is 32.3 Å². The molecule has 0 spiro atoms. The van der Waals surface area contributed by atoms with E-state index in [9.17, 15) is 32.3 Å². The number of aliphatic hydroxyl groups is 1. The Morgan fingerprint density at radius 1 is 1.15 bits per heavy atom. The predicted octanol–water partition coefficient (Wildman–Crippen LogP) is 2.68. The van der Waals surface area contributed by atoms with Gasteiger partial charge in [0.25, 0.3) is 15.9 Å². The first-order valence-corrected chi connectivity index (χ1v) is 14.0. The van der Waals surface area contributed by atoms with E-state index in [0.717, 1.165) is 0 Å². The number of carbonyl (C=O) groups excluding carboxylic acids is 3. The van der Waals surface area contributed by atoms with Crippen LogP contribution in [0.4, 0.5) is 4.39 Å². The zero-order chi connectivity index (χ0) is 29.6. The van der Waals surface area contributed by atoms with E-state index in [-0.39, 0.29) is 52.7 Å². The van der Waals surface area contributed by atoms with Gasteiger partial charge in [0.1, 0.15) is 27.8 Å². The molecule has 0 aromatic heterocycles. The number of sulfonamides is 1. The fourth-order valence-corrected chi connectivity index (χ4v) is 6.46. The molecule has 4 rings (SSSR count). The third-order valence-corrected chi connectivity index (χ3v) is 8.29. The number of halogens is 1. The van der Waals surface area contributed by atoms with Crippen LogP contribution >= 0.6 is 0 Å². The summed E-state index contributed by atoms with van der Waals surface area (Å²) in [4.78, 5) is 40.4. The van der Waals surface area contributed by atoms with Gasteiger partial charge in [-0.05, 0) is 28.7 Å². The standard InChI is InChI=1S/C28H31FN4O6S/c1-16(34)32(15-21(35)30-5)14-18-7-6-8-20-23(31-40(38,39)25(18)20)22-24(36)26(28(2,3)4)33(27(22)37)13-17-9-11-19(29)12-10-17/h6-12,26,36H,13-15H2,1-5H3,(H,30,35)/t26-/m1/s1. The van der Waals surface area contributed by atoms with Gasteiger partial charge in [-0.2, -0.15) is 12.8 Å². The number of nitrogens with zero attached hydrogens (tertiary/aromatic N) is 3. The lowest BCUT2D eigenvalue weighted by atomic mass is 9.84. The zero-order valence-electron chi connectivity index (χ0n) is 22.9. The van der Waals surface area contributed by atoms with Crippen molar-refractivity contribution in [1.29, 1.82) is 0 Å². The second-order valence-corrected chi connectivity index (χ2v) is 12.4. The molecule has 0 radical (unpaired) electrons. The Bertz CT molecular complexity index is 1560. The molecular formula is C28H31FN4O6S. The van der Waals surface area contributed by atoms with Crippen LogP contribution in [0.3, 0.4) is 0 Å². The minimum absolute atomic E-state index is 0.0502. The summed E-state index contributed by atoms with van der Waals surface area (Å²) in [5.74, 6) is -2.21. The van der Waals surface area contributed by atoms with Gasteiger partial charge in [-0.25, -0.2) is 4.39 Å². The maximum Gasteiger partial charge on any atom is 0.283 e. The highest BCUT2D eigenvalue weighted by atomic mass is 32.2. The Balaban J connectivity index is 1.78. The SMILES string of the molecule is CNC(=O)CN(Cc1cccc2c1S(=O)(=O)N=C2C1=C(O)[C@H](C(C)(C)C)N(Cc2ccc(F)cc2)C1=O)C(C)=O. The largest absolute Gasteiger partial charge is 0.509 e. The molecule has 2 aliphatic heterocycles. The van der Waals surface area contributed by atoms with Crippen molar-refractivity contribution in [3.8, 4) is 0 Å². The minimum Gasteiger partial charge on any atom is -0.509 e. The molecule has 3 amide bonds. The van der Waals surface area contributed by atoms with Gasteiger partial charge in [-0.3, -0.25) is 14.4 Å². The Morgan fingerprint density at radius 2 is 1.80 bits per heavy atom. The average molecular weight is 571 g/mol. The number of hydrogen-bond acceptors (Lipinski definition) is 6. The summed E-state index contributed by atoms with van der Waals surface area (Å²) in [6.07, 6.45) is 0. The predicted molar refractivity (Wildman–Crippen MR) is 145 cm³/mol. The molecular weight excluding hydrogens is 539 g/mol. The van der Waals surface area contributed by atoms with E-state index in [4.69, 9.17) is 0 Å². The molecule has 1 atom stereocenters. The number of nitrogens with one attached hydrogen (secondary N) is 1. The van der Waals surface area contributed by atoms with Crippen molar-refractivity contribution in [2.45, 2.75) is 51.7 Å². The number of amides is 3. The number of fused-ring (bicyclic) bond motifs is 1. The molecule has 2 heterocycles. The lowest BCUT2D eigenvalue weighted by Gasteiger charge is -2.35. The van der Waals surface area contributed by atoms with Gasteiger partial charge in [0.15, 0.2) is 0 Å². The van der Waals surface area contributed by atoms with Crippen LogP contribution in [0.2, 0.25) is 0 Å². The van der Waals surface area contributed by atoms with Gasteiger partial charge in [-0.15, -0.1) is 0 Å². The van der Waals surface area contributed by atoms with Crippen molar-refractivity contribution in [3.05, 3.63) is 76.3 Å². The molecule has 2 aromatic carbocycles. The maximum atomic E-state index is 13.8. The molecule has 0 saturated carbocycles. The lowest BCUT2D eigenvalue weighted by Crippen LogP contribution is -2.43. The number of hydrogen-bond donors (Lipinski definition) is 2. The topological polar surface area (TPSA) is 136 Å². The Labute approximate surface area is 232 Å². The monoisotopic (exact) mass is 570 g/mol. The van der Waals surface area contributed by atoms with Crippen molar-refractivity contribution in [2.24, 2.45) is 9.81 Å². The molecule has 0 bridgehead atoms. The van der Waals surface area contributed by atoms with Crippen molar-refractivity contribution in [2.75, 3.05) is 13.6 Å². The van der Waals surface area contributed by atoms with E-state index in [2.05, 4.69) is 9.71 Å². The lowest BCUT2D eigenvalue weighted by molar-refractivity contribution is -0.134. The van der Waals surface area contributed by atoms with Crippen molar-refractivity contribution in [3.63, 3.8) is 0 Å². The van der Waals surface area contributed by atoms with Crippen LogP contribution in [0.5, 0.6) is 0 Å². The number of aliphatic hydroxyl groups excluding tert-OH is 1. The quantitative estimate of drug-likeness (QED) is 0.525. The van der Waals surface area contributed by atoms with E-state index < -0.39 is 45.0 Å². The molecule has 0 aliphatic carbocycles. The van der Waals surface area contributed by atoms with Gasteiger partial charge in [-0.1, -0.05) is 51.1 Å². The number of benzene rings is 2. The van der Waals surface area contributed by atoms with E-state index >= 15 is 0 Å². The first kappa shape index (κ1) is 28.9. The summed E-state index contributed by atoms with van der Waals surface area (Å²) in [5, 5.41) is 13.8. The zero-order valence-corrected chi connectivity index (χ0v) is 23.7. The van der Waals surface area contributed by atoms with E-state index in [1.807, 2.05) is 20.8 Å². The van der Waals surface area contributed by atoms with Crippen LogP contribution in [0.15, 0.2) is 63.1 Å². The third kappa shape index (κ3) is 5.35. The highest BCUT2D eigenvalue weighted by Gasteiger charge is 2.49. The second-order valence-electron chi connectivity index (χ2n) is 10.8. The van der Waals surface area contributed by atoms with Crippen LogP contribution in [0.25, 0.3) is 0 Å². The molecule has 2 N–H and O–H groups in total. The van der Waals surface area contributed by atoms with E-state index in [1.54, 1.807) is 6.07 Å². The normalized spacial score (nSPS) is 18.1.